The second-order valence-corrected chi connectivity index (χ2v) is 6.78. The van der Waals surface area contributed by atoms with Crippen LogP contribution in [0.15, 0.2) is 30.3 Å². The molecule has 1 saturated carbocycles. The molecule has 2 fully saturated rings. The molecule has 5 nitrogen and oxygen atoms in total. The SMILES string of the molecule is O=C1C(=O)N(CC2CC2(Cl)Cl)C(=O)N1Cc1ccccc1. The van der Waals surface area contributed by atoms with E-state index in [-0.39, 0.29) is 19.0 Å². The van der Waals surface area contributed by atoms with Crippen molar-refractivity contribution in [2.24, 2.45) is 5.92 Å². The van der Waals surface area contributed by atoms with Crippen molar-refractivity contribution in [3.8, 4) is 0 Å². The molecule has 21 heavy (non-hydrogen) atoms. The molecule has 0 aromatic heterocycles. The van der Waals surface area contributed by atoms with Crippen molar-refractivity contribution in [3.05, 3.63) is 35.9 Å². The van der Waals surface area contributed by atoms with Gasteiger partial charge in [0.15, 0.2) is 0 Å². The minimum Gasteiger partial charge on any atom is -0.263 e. The lowest BCUT2D eigenvalue weighted by molar-refractivity contribution is -0.143. The average Bonchev–Trinajstić information content (AvgIpc) is 3.02. The Balaban J connectivity index is 1.73. The fourth-order valence-electron chi connectivity index (χ4n) is 2.30. The van der Waals surface area contributed by atoms with E-state index < -0.39 is 22.2 Å². The number of halogens is 2. The Labute approximate surface area is 131 Å². The average molecular weight is 327 g/mol. The Morgan fingerprint density at radius 1 is 1.05 bits per heavy atom. The topological polar surface area (TPSA) is 57.7 Å². The molecule has 1 aliphatic heterocycles. The van der Waals surface area contributed by atoms with Crippen LogP contribution in [0.1, 0.15) is 12.0 Å². The number of benzene rings is 1. The van der Waals surface area contributed by atoms with Gasteiger partial charge in [-0.3, -0.25) is 19.4 Å². The van der Waals surface area contributed by atoms with E-state index in [1.807, 2.05) is 6.07 Å². The second kappa shape index (κ2) is 5.00. The third-order valence-electron chi connectivity index (χ3n) is 3.68. The minimum atomic E-state index is -0.892. The van der Waals surface area contributed by atoms with Crippen LogP contribution >= 0.6 is 23.2 Å². The Morgan fingerprint density at radius 3 is 2.19 bits per heavy atom. The second-order valence-electron chi connectivity index (χ2n) is 5.24. The van der Waals surface area contributed by atoms with Crippen LogP contribution in [0.4, 0.5) is 4.79 Å². The van der Waals surface area contributed by atoms with Gasteiger partial charge in [0.1, 0.15) is 4.33 Å². The minimum absolute atomic E-state index is 0.0817. The quantitative estimate of drug-likeness (QED) is 0.484. The van der Waals surface area contributed by atoms with Gasteiger partial charge in [0.25, 0.3) is 0 Å². The van der Waals surface area contributed by atoms with Crippen LogP contribution in [0.25, 0.3) is 0 Å². The monoisotopic (exact) mass is 326 g/mol. The van der Waals surface area contributed by atoms with Gasteiger partial charge in [-0.2, -0.15) is 0 Å². The largest absolute Gasteiger partial charge is 0.334 e. The van der Waals surface area contributed by atoms with Gasteiger partial charge in [0.2, 0.25) is 0 Å². The zero-order valence-electron chi connectivity index (χ0n) is 11.0. The summed E-state index contributed by atoms with van der Waals surface area (Å²) in [5, 5.41) is 0. The number of hydrogen-bond donors (Lipinski definition) is 0. The number of rotatable bonds is 4. The molecule has 1 aromatic carbocycles. The van der Waals surface area contributed by atoms with Crippen LogP contribution in [0, 0.1) is 5.92 Å². The maximum atomic E-state index is 12.2. The van der Waals surface area contributed by atoms with Crippen LogP contribution in [0.2, 0.25) is 0 Å². The zero-order valence-corrected chi connectivity index (χ0v) is 12.5. The van der Waals surface area contributed by atoms with Crippen molar-refractivity contribution in [1.82, 2.24) is 9.80 Å². The first kappa shape index (κ1) is 14.4. The number of nitrogens with zero attached hydrogens (tertiary/aromatic N) is 2. The molecule has 110 valence electrons. The summed E-state index contributed by atoms with van der Waals surface area (Å²) in [6.45, 7) is 0.167. The molecule has 0 N–H and O–H groups in total. The van der Waals surface area contributed by atoms with E-state index in [0.29, 0.717) is 6.42 Å². The summed E-state index contributed by atoms with van der Waals surface area (Å²) in [7, 11) is 0. The maximum absolute atomic E-state index is 12.2. The molecule has 0 radical (unpaired) electrons. The lowest BCUT2D eigenvalue weighted by atomic mass is 10.2. The highest BCUT2D eigenvalue weighted by atomic mass is 35.5. The van der Waals surface area contributed by atoms with Crippen LogP contribution < -0.4 is 0 Å². The Hall–Kier alpha value is -1.59. The molecule has 1 saturated heterocycles. The fraction of sp³-hybridized carbons (Fsp3) is 0.357. The van der Waals surface area contributed by atoms with Crippen molar-refractivity contribution >= 4 is 41.0 Å². The van der Waals surface area contributed by atoms with Crippen molar-refractivity contribution in [2.75, 3.05) is 6.54 Å². The third-order valence-corrected chi connectivity index (χ3v) is 4.60. The standard InChI is InChI=1S/C14H12Cl2N2O3/c15-14(16)6-10(14)8-18-12(20)11(19)17(13(18)21)7-9-4-2-1-3-5-9/h1-5,10H,6-8H2. The molecular weight excluding hydrogens is 315 g/mol. The molecule has 1 aromatic rings. The van der Waals surface area contributed by atoms with Crippen LogP contribution in [-0.2, 0) is 16.1 Å². The summed E-state index contributed by atoms with van der Waals surface area (Å²) in [6.07, 6.45) is 0.514. The van der Waals surface area contributed by atoms with Gasteiger partial charge < -0.3 is 0 Å². The number of urea groups is 1. The molecule has 2 aliphatic rings. The van der Waals surface area contributed by atoms with Crippen molar-refractivity contribution in [2.45, 2.75) is 17.3 Å². The third kappa shape index (κ3) is 2.63. The van der Waals surface area contributed by atoms with Gasteiger partial charge in [-0.25, -0.2) is 4.79 Å². The maximum Gasteiger partial charge on any atom is 0.334 e. The van der Waals surface area contributed by atoms with Gasteiger partial charge in [-0.1, -0.05) is 30.3 Å². The fourth-order valence-corrected chi connectivity index (χ4v) is 2.82. The summed E-state index contributed by atoms with van der Waals surface area (Å²) in [6, 6.07) is 8.42. The zero-order chi connectivity index (χ0) is 15.2. The van der Waals surface area contributed by atoms with Crippen molar-refractivity contribution in [1.29, 1.82) is 0 Å². The van der Waals surface area contributed by atoms with E-state index in [1.54, 1.807) is 24.3 Å². The highest BCUT2D eigenvalue weighted by Gasteiger charge is 2.55. The molecule has 1 aliphatic carbocycles. The van der Waals surface area contributed by atoms with Crippen molar-refractivity contribution in [3.63, 3.8) is 0 Å². The highest BCUT2D eigenvalue weighted by molar-refractivity contribution is 6.51. The Morgan fingerprint density at radius 2 is 1.62 bits per heavy atom. The van der Waals surface area contributed by atoms with Gasteiger partial charge in [-0.05, 0) is 12.0 Å². The molecule has 4 amide bonds. The molecule has 7 heteroatoms. The molecular formula is C14H12Cl2N2O3. The summed E-state index contributed by atoms with van der Waals surface area (Å²) in [5.74, 6) is -1.79. The van der Waals surface area contributed by atoms with Gasteiger partial charge in [0, 0.05) is 12.5 Å². The normalized spacial score (nSPS) is 23.9. The van der Waals surface area contributed by atoms with Crippen LogP contribution in [0.3, 0.4) is 0 Å². The Bertz CT molecular complexity index is 618. The number of carbonyl (C=O) groups excluding carboxylic acids is 3. The number of amides is 4. The summed E-state index contributed by atoms with van der Waals surface area (Å²) in [5.41, 5.74) is 0.782. The lowest BCUT2D eigenvalue weighted by Crippen LogP contribution is -2.35. The van der Waals surface area contributed by atoms with Crippen LogP contribution in [-0.4, -0.2) is 38.5 Å². The smallest absolute Gasteiger partial charge is 0.263 e. The van der Waals surface area contributed by atoms with Crippen LogP contribution in [0.5, 0.6) is 0 Å². The predicted octanol–water partition coefficient (Wildman–Crippen LogP) is 2.17. The molecule has 1 heterocycles. The first-order valence-electron chi connectivity index (χ1n) is 6.49. The molecule has 0 bridgehead atoms. The first-order valence-corrected chi connectivity index (χ1v) is 7.25. The number of carbonyl (C=O) groups is 3. The van der Waals surface area contributed by atoms with Crippen molar-refractivity contribution < 1.29 is 14.4 Å². The first-order chi connectivity index (χ1) is 9.90. The molecule has 1 atom stereocenters. The molecule has 0 spiro atoms. The summed E-state index contributed by atoms with van der Waals surface area (Å²) < 4.78 is -0.892. The lowest BCUT2D eigenvalue weighted by Gasteiger charge is -2.15. The van der Waals surface area contributed by atoms with E-state index >= 15 is 0 Å². The highest BCUT2D eigenvalue weighted by Crippen LogP contribution is 2.53. The number of imide groups is 2. The Kier molecular flexibility index (Phi) is 3.42. The van der Waals surface area contributed by atoms with E-state index in [1.165, 1.54) is 0 Å². The number of alkyl halides is 2. The van der Waals surface area contributed by atoms with Gasteiger partial charge >= 0.3 is 17.8 Å². The summed E-state index contributed by atoms with van der Waals surface area (Å²) >= 11 is 11.8. The van der Waals surface area contributed by atoms with Gasteiger partial charge in [0.05, 0.1) is 6.54 Å². The van der Waals surface area contributed by atoms with Gasteiger partial charge in [-0.15, -0.1) is 23.2 Å². The molecule has 3 rings (SSSR count). The number of hydrogen-bond acceptors (Lipinski definition) is 3. The summed E-state index contributed by atoms with van der Waals surface area (Å²) in [4.78, 5) is 38.0. The van der Waals surface area contributed by atoms with E-state index in [9.17, 15) is 14.4 Å². The molecule has 1 unspecified atom stereocenters. The van der Waals surface area contributed by atoms with E-state index in [0.717, 1.165) is 15.4 Å². The van der Waals surface area contributed by atoms with E-state index in [2.05, 4.69) is 0 Å². The van der Waals surface area contributed by atoms with E-state index in [4.69, 9.17) is 23.2 Å². The predicted molar refractivity (Wildman–Crippen MR) is 76.6 cm³/mol.